The molecule has 8 heteroatoms. The Balaban J connectivity index is 1.94. The van der Waals surface area contributed by atoms with Gasteiger partial charge in [0.05, 0.1) is 0 Å². The molecule has 0 aliphatic heterocycles. The molecule has 1 atom stereocenters. The van der Waals surface area contributed by atoms with E-state index in [1.807, 2.05) is 14.0 Å². The Hall–Kier alpha value is -2.25. The Morgan fingerprint density at radius 3 is 2.81 bits per heavy atom. The van der Waals surface area contributed by atoms with Crippen molar-refractivity contribution in [2.75, 3.05) is 23.8 Å². The predicted molar refractivity (Wildman–Crippen MR) is 79.5 cm³/mol. The van der Waals surface area contributed by atoms with Crippen molar-refractivity contribution < 1.29 is 0 Å². The van der Waals surface area contributed by atoms with E-state index in [9.17, 15) is 0 Å². The van der Waals surface area contributed by atoms with Crippen LogP contribution in [0.3, 0.4) is 0 Å². The molecule has 1 aliphatic rings. The fraction of sp³-hybridized carbons (Fsp3) is 0.615. The second kappa shape index (κ2) is 5.63. The van der Waals surface area contributed by atoms with E-state index >= 15 is 0 Å². The second-order valence-electron chi connectivity index (χ2n) is 5.32. The van der Waals surface area contributed by atoms with Gasteiger partial charge >= 0.3 is 0 Å². The van der Waals surface area contributed by atoms with Gasteiger partial charge in [-0.1, -0.05) is 0 Å². The van der Waals surface area contributed by atoms with Crippen molar-refractivity contribution >= 4 is 11.9 Å². The fourth-order valence-electron chi connectivity index (χ4n) is 2.24. The smallest absolute Gasteiger partial charge is 0.258 e. The third-order valence-electron chi connectivity index (χ3n) is 3.80. The molecule has 0 aromatic carbocycles. The van der Waals surface area contributed by atoms with E-state index < -0.39 is 0 Å². The van der Waals surface area contributed by atoms with Crippen molar-refractivity contribution in [2.45, 2.75) is 32.7 Å². The molecule has 1 unspecified atom stereocenters. The first-order valence-electron chi connectivity index (χ1n) is 7.26. The molecule has 1 saturated carbocycles. The number of nitrogens with one attached hydrogen (secondary N) is 1. The Morgan fingerprint density at radius 2 is 2.19 bits per heavy atom. The molecule has 1 fully saturated rings. The summed E-state index contributed by atoms with van der Waals surface area (Å²) in [7, 11) is 2.03. The van der Waals surface area contributed by atoms with E-state index in [2.05, 4.69) is 42.2 Å². The summed E-state index contributed by atoms with van der Waals surface area (Å²) >= 11 is 0. The van der Waals surface area contributed by atoms with Gasteiger partial charge in [-0.05, 0) is 32.6 Å². The molecule has 112 valence electrons. The SMILES string of the molecule is CCNc1nc(N(C)C(C)C2CC2)nc(-n2cncn2)n1. The highest BCUT2D eigenvalue weighted by molar-refractivity contribution is 5.40. The van der Waals surface area contributed by atoms with Crippen LogP contribution < -0.4 is 10.2 Å². The first kappa shape index (κ1) is 13.7. The minimum Gasteiger partial charge on any atom is -0.354 e. The van der Waals surface area contributed by atoms with Crippen LogP contribution in [0.4, 0.5) is 11.9 Å². The highest BCUT2D eigenvalue weighted by atomic mass is 15.4. The Morgan fingerprint density at radius 1 is 1.38 bits per heavy atom. The minimum absolute atomic E-state index is 0.422. The van der Waals surface area contributed by atoms with Crippen molar-refractivity contribution in [3.05, 3.63) is 12.7 Å². The average molecular weight is 288 g/mol. The number of nitrogens with zero attached hydrogens (tertiary/aromatic N) is 7. The molecule has 0 spiro atoms. The predicted octanol–water partition coefficient (Wildman–Crippen LogP) is 1.12. The number of anilines is 2. The van der Waals surface area contributed by atoms with E-state index in [1.54, 1.807) is 11.0 Å². The van der Waals surface area contributed by atoms with Crippen LogP contribution in [0.5, 0.6) is 0 Å². The molecule has 0 radical (unpaired) electrons. The summed E-state index contributed by atoms with van der Waals surface area (Å²) in [6.45, 7) is 4.97. The lowest BCUT2D eigenvalue weighted by molar-refractivity contribution is 0.594. The van der Waals surface area contributed by atoms with Crippen LogP contribution in [0.2, 0.25) is 0 Å². The number of aromatic nitrogens is 6. The van der Waals surface area contributed by atoms with E-state index in [0.29, 0.717) is 23.9 Å². The maximum atomic E-state index is 4.51. The summed E-state index contributed by atoms with van der Waals surface area (Å²) in [5.41, 5.74) is 0. The highest BCUT2D eigenvalue weighted by Crippen LogP contribution is 2.35. The van der Waals surface area contributed by atoms with Crippen LogP contribution in [0.25, 0.3) is 5.95 Å². The Labute approximate surface area is 123 Å². The minimum atomic E-state index is 0.422. The third kappa shape index (κ3) is 2.93. The third-order valence-corrected chi connectivity index (χ3v) is 3.80. The van der Waals surface area contributed by atoms with Crippen molar-refractivity contribution in [3.63, 3.8) is 0 Å². The van der Waals surface area contributed by atoms with Gasteiger partial charge in [0.2, 0.25) is 11.9 Å². The first-order valence-corrected chi connectivity index (χ1v) is 7.26. The molecule has 2 heterocycles. The summed E-state index contributed by atoms with van der Waals surface area (Å²) < 4.78 is 1.54. The first-order chi connectivity index (χ1) is 10.2. The largest absolute Gasteiger partial charge is 0.354 e. The molecule has 8 nitrogen and oxygen atoms in total. The van der Waals surface area contributed by atoms with Gasteiger partial charge in [0.15, 0.2) is 0 Å². The van der Waals surface area contributed by atoms with Gasteiger partial charge in [-0.3, -0.25) is 0 Å². The Kier molecular flexibility index (Phi) is 3.68. The molecular weight excluding hydrogens is 268 g/mol. The van der Waals surface area contributed by atoms with Gasteiger partial charge in [-0.15, -0.1) is 0 Å². The Bertz CT molecular complexity index is 592. The van der Waals surface area contributed by atoms with Crippen LogP contribution >= 0.6 is 0 Å². The fourth-order valence-corrected chi connectivity index (χ4v) is 2.24. The van der Waals surface area contributed by atoms with Gasteiger partial charge in [-0.25, -0.2) is 4.98 Å². The molecule has 1 aliphatic carbocycles. The lowest BCUT2D eigenvalue weighted by Crippen LogP contribution is -2.32. The summed E-state index contributed by atoms with van der Waals surface area (Å²) in [4.78, 5) is 19.4. The zero-order chi connectivity index (χ0) is 14.8. The normalized spacial score (nSPS) is 15.8. The van der Waals surface area contributed by atoms with Crippen LogP contribution in [0.15, 0.2) is 12.7 Å². The van der Waals surface area contributed by atoms with Crippen LogP contribution in [0.1, 0.15) is 26.7 Å². The van der Waals surface area contributed by atoms with Crippen molar-refractivity contribution in [1.82, 2.24) is 29.7 Å². The molecule has 21 heavy (non-hydrogen) atoms. The standard InChI is InChI=1S/C13H20N8/c1-4-15-11-17-12(20(3)9(2)10-5-6-10)19-13(18-11)21-8-14-7-16-21/h7-10H,4-6H2,1-3H3,(H,15,17,18,19). The van der Waals surface area contributed by atoms with Gasteiger partial charge < -0.3 is 10.2 Å². The maximum Gasteiger partial charge on any atom is 0.258 e. The van der Waals surface area contributed by atoms with Crippen molar-refractivity contribution in [1.29, 1.82) is 0 Å². The van der Waals surface area contributed by atoms with Crippen LogP contribution in [0, 0.1) is 5.92 Å². The van der Waals surface area contributed by atoms with Gasteiger partial charge in [0, 0.05) is 19.6 Å². The maximum absolute atomic E-state index is 4.51. The summed E-state index contributed by atoms with van der Waals surface area (Å²) in [6, 6.07) is 0.422. The molecule has 2 aromatic heterocycles. The molecule has 0 saturated heterocycles. The molecule has 2 aromatic rings. The highest BCUT2D eigenvalue weighted by Gasteiger charge is 2.31. The van der Waals surface area contributed by atoms with Crippen molar-refractivity contribution in [2.24, 2.45) is 5.92 Å². The van der Waals surface area contributed by atoms with Crippen LogP contribution in [-0.4, -0.2) is 49.4 Å². The zero-order valence-corrected chi connectivity index (χ0v) is 12.6. The van der Waals surface area contributed by atoms with E-state index in [1.165, 1.54) is 19.2 Å². The summed E-state index contributed by atoms with van der Waals surface area (Å²) in [5.74, 6) is 2.43. The van der Waals surface area contributed by atoms with E-state index in [4.69, 9.17) is 0 Å². The molecule has 0 amide bonds. The quantitative estimate of drug-likeness (QED) is 0.852. The van der Waals surface area contributed by atoms with E-state index in [-0.39, 0.29) is 0 Å². The number of hydrogen-bond acceptors (Lipinski definition) is 7. The van der Waals surface area contributed by atoms with Crippen LogP contribution in [-0.2, 0) is 0 Å². The monoisotopic (exact) mass is 288 g/mol. The second-order valence-corrected chi connectivity index (χ2v) is 5.32. The summed E-state index contributed by atoms with van der Waals surface area (Å²) in [5, 5.41) is 7.23. The molecular formula is C13H20N8. The lowest BCUT2D eigenvalue weighted by atomic mass is 10.2. The molecule has 3 rings (SSSR count). The lowest BCUT2D eigenvalue weighted by Gasteiger charge is -2.25. The number of hydrogen-bond donors (Lipinski definition) is 1. The van der Waals surface area contributed by atoms with Gasteiger partial charge in [0.25, 0.3) is 5.95 Å². The van der Waals surface area contributed by atoms with Gasteiger partial charge in [0.1, 0.15) is 12.7 Å². The van der Waals surface area contributed by atoms with E-state index in [0.717, 1.165) is 12.5 Å². The molecule has 1 N–H and O–H groups in total. The number of rotatable bonds is 6. The van der Waals surface area contributed by atoms with Gasteiger partial charge in [-0.2, -0.15) is 24.7 Å². The average Bonchev–Trinajstić information content (AvgIpc) is 3.20. The summed E-state index contributed by atoms with van der Waals surface area (Å²) in [6.07, 6.45) is 5.62. The molecule has 0 bridgehead atoms. The topological polar surface area (TPSA) is 84.7 Å². The van der Waals surface area contributed by atoms with Crippen molar-refractivity contribution in [3.8, 4) is 5.95 Å². The zero-order valence-electron chi connectivity index (χ0n) is 12.6.